The van der Waals surface area contributed by atoms with Crippen molar-refractivity contribution in [2.24, 2.45) is 5.92 Å². The topological polar surface area (TPSA) is 44.0 Å². The molecule has 2 heterocycles. The van der Waals surface area contributed by atoms with E-state index in [9.17, 15) is 0 Å². The highest BCUT2D eigenvalue weighted by molar-refractivity contribution is 5.13. The largest absolute Gasteiger partial charge is 0.312 e. The Morgan fingerprint density at radius 1 is 1.59 bits per heavy atom. The van der Waals surface area contributed by atoms with Gasteiger partial charge in [0, 0.05) is 30.4 Å². The van der Waals surface area contributed by atoms with Crippen LogP contribution in [-0.4, -0.2) is 40.8 Å². The van der Waals surface area contributed by atoms with E-state index in [1.165, 1.54) is 30.8 Å². The molecule has 0 radical (unpaired) electrons. The monoisotopic (exact) mass is 236 g/mol. The van der Waals surface area contributed by atoms with Crippen molar-refractivity contribution in [2.45, 2.75) is 39.8 Å². The normalized spacial score (nSPS) is 21.5. The van der Waals surface area contributed by atoms with E-state index in [-0.39, 0.29) is 0 Å². The maximum absolute atomic E-state index is 4.03. The number of hydrogen-bond acceptors (Lipinski definition) is 3. The SMILES string of the molecule is Cc1[nH]ncc1CNCC1CCN(C(C)C)C1. The number of H-pyrrole nitrogens is 1. The Morgan fingerprint density at radius 3 is 3.00 bits per heavy atom. The summed E-state index contributed by atoms with van der Waals surface area (Å²) in [5.74, 6) is 0.810. The second-order valence-electron chi connectivity index (χ2n) is 5.39. The van der Waals surface area contributed by atoms with Gasteiger partial charge in [0.15, 0.2) is 0 Å². The van der Waals surface area contributed by atoms with E-state index in [4.69, 9.17) is 0 Å². The molecule has 2 N–H and O–H groups in total. The van der Waals surface area contributed by atoms with Gasteiger partial charge in [0.05, 0.1) is 6.20 Å². The summed E-state index contributed by atoms with van der Waals surface area (Å²) in [7, 11) is 0. The van der Waals surface area contributed by atoms with Gasteiger partial charge in [-0.1, -0.05) is 0 Å². The minimum absolute atomic E-state index is 0.691. The third kappa shape index (κ3) is 3.30. The lowest BCUT2D eigenvalue weighted by Crippen LogP contribution is -2.30. The molecule has 4 heteroatoms. The molecule has 1 aromatic rings. The summed E-state index contributed by atoms with van der Waals surface area (Å²) < 4.78 is 0. The van der Waals surface area contributed by atoms with Crippen molar-refractivity contribution in [3.63, 3.8) is 0 Å². The highest BCUT2D eigenvalue weighted by Gasteiger charge is 2.23. The molecular formula is C13H24N4. The fraction of sp³-hybridized carbons (Fsp3) is 0.769. The third-order valence-corrected chi connectivity index (χ3v) is 3.73. The van der Waals surface area contributed by atoms with Gasteiger partial charge in [0.1, 0.15) is 0 Å². The molecule has 0 aliphatic carbocycles. The maximum Gasteiger partial charge on any atom is 0.0535 e. The summed E-state index contributed by atoms with van der Waals surface area (Å²) in [6, 6.07) is 0.691. The minimum atomic E-state index is 0.691. The summed E-state index contributed by atoms with van der Waals surface area (Å²) in [6.07, 6.45) is 3.24. The number of aryl methyl sites for hydroxylation is 1. The Morgan fingerprint density at radius 2 is 2.41 bits per heavy atom. The zero-order valence-electron chi connectivity index (χ0n) is 11.2. The summed E-state index contributed by atoms with van der Waals surface area (Å²) in [5, 5.41) is 10.5. The lowest BCUT2D eigenvalue weighted by Gasteiger charge is -2.20. The molecule has 17 heavy (non-hydrogen) atoms. The molecule has 1 aliphatic heterocycles. The quantitative estimate of drug-likeness (QED) is 0.815. The predicted octanol–water partition coefficient (Wildman–Crippen LogP) is 1.54. The second-order valence-corrected chi connectivity index (χ2v) is 5.39. The molecule has 1 aromatic heterocycles. The van der Waals surface area contributed by atoms with Gasteiger partial charge in [-0.05, 0) is 46.2 Å². The van der Waals surface area contributed by atoms with Crippen molar-refractivity contribution >= 4 is 0 Å². The number of likely N-dealkylation sites (tertiary alicyclic amines) is 1. The first-order chi connectivity index (χ1) is 8.16. The fourth-order valence-corrected chi connectivity index (χ4v) is 2.46. The number of rotatable bonds is 5. The Kier molecular flexibility index (Phi) is 4.18. The van der Waals surface area contributed by atoms with E-state index in [1.54, 1.807) is 0 Å². The second kappa shape index (κ2) is 5.65. The van der Waals surface area contributed by atoms with Crippen LogP contribution in [-0.2, 0) is 6.54 Å². The lowest BCUT2D eigenvalue weighted by atomic mass is 10.1. The Balaban J connectivity index is 1.68. The molecule has 1 aliphatic rings. The number of nitrogens with zero attached hydrogens (tertiary/aromatic N) is 2. The third-order valence-electron chi connectivity index (χ3n) is 3.73. The van der Waals surface area contributed by atoms with E-state index < -0.39 is 0 Å². The lowest BCUT2D eigenvalue weighted by molar-refractivity contribution is 0.264. The molecule has 2 rings (SSSR count). The number of aromatic amines is 1. The van der Waals surface area contributed by atoms with Gasteiger partial charge < -0.3 is 10.2 Å². The van der Waals surface area contributed by atoms with Crippen LogP contribution in [0.1, 0.15) is 31.5 Å². The van der Waals surface area contributed by atoms with Crippen molar-refractivity contribution in [2.75, 3.05) is 19.6 Å². The zero-order valence-corrected chi connectivity index (χ0v) is 11.2. The van der Waals surface area contributed by atoms with Crippen LogP contribution in [0.3, 0.4) is 0 Å². The smallest absolute Gasteiger partial charge is 0.0535 e. The summed E-state index contributed by atoms with van der Waals surface area (Å²) in [5.41, 5.74) is 2.46. The van der Waals surface area contributed by atoms with Crippen LogP contribution in [0.15, 0.2) is 6.20 Å². The van der Waals surface area contributed by atoms with Gasteiger partial charge in [-0.15, -0.1) is 0 Å². The van der Waals surface area contributed by atoms with Crippen LogP contribution < -0.4 is 5.32 Å². The van der Waals surface area contributed by atoms with Crippen molar-refractivity contribution in [3.8, 4) is 0 Å². The van der Waals surface area contributed by atoms with Crippen LogP contribution in [0.25, 0.3) is 0 Å². The Bertz CT molecular complexity index is 345. The molecule has 0 spiro atoms. The van der Waals surface area contributed by atoms with Crippen LogP contribution >= 0.6 is 0 Å². The van der Waals surface area contributed by atoms with E-state index in [0.717, 1.165) is 19.0 Å². The van der Waals surface area contributed by atoms with E-state index in [2.05, 4.69) is 41.2 Å². The first-order valence-electron chi connectivity index (χ1n) is 6.60. The van der Waals surface area contributed by atoms with Gasteiger partial charge in [0.2, 0.25) is 0 Å². The van der Waals surface area contributed by atoms with Gasteiger partial charge in [0.25, 0.3) is 0 Å². The predicted molar refractivity (Wildman–Crippen MR) is 69.8 cm³/mol. The average molecular weight is 236 g/mol. The molecule has 4 nitrogen and oxygen atoms in total. The molecule has 0 aromatic carbocycles. The van der Waals surface area contributed by atoms with Gasteiger partial charge >= 0.3 is 0 Å². The Hall–Kier alpha value is -0.870. The van der Waals surface area contributed by atoms with Crippen LogP contribution in [0.4, 0.5) is 0 Å². The molecule has 96 valence electrons. The first-order valence-corrected chi connectivity index (χ1v) is 6.60. The molecule has 0 amide bonds. The molecule has 1 fully saturated rings. The van der Waals surface area contributed by atoms with Crippen LogP contribution in [0.2, 0.25) is 0 Å². The summed E-state index contributed by atoms with van der Waals surface area (Å²) in [4.78, 5) is 2.56. The molecule has 0 saturated carbocycles. The van der Waals surface area contributed by atoms with Crippen molar-refractivity contribution in [1.82, 2.24) is 20.4 Å². The molecule has 1 atom stereocenters. The minimum Gasteiger partial charge on any atom is -0.312 e. The average Bonchev–Trinajstić information content (AvgIpc) is 2.89. The highest BCUT2D eigenvalue weighted by atomic mass is 15.2. The standard InChI is InChI=1S/C13H24N4/c1-10(2)17-5-4-12(9-17)6-14-7-13-8-15-16-11(13)3/h8,10,12,14H,4-7,9H2,1-3H3,(H,15,16). The van der Waals surface area contributed by atoms with Crippen LogP contribution in [0, 0.1) is 12.8 Å². The van der Waals surface area contributed by atoms with Crippen LogP contribution in [0.5, 0.6) is 0 Å². The molecular weight excluding hydrogens is 212 g/mol. The highest BCUT2D eigenvalue weighted by Crippen LogP contribution is 2.17. The van der Waals surface area contributed by atoms with Gasteiger partial charge in [-0.3, -0.25) is 5.10 Å². The van der Waals surface area contributed by atoms with Crippen molar-refractivity contribution < 1.29 is 0 Å². The zero-order chi connectivity index (χ0) is 12.3. The Labute approximate surface area is 104 Å². The summed E-state index contributed by atoms with van der Waals surface area (Å²) >= 11 is 0. The maximum atomic E-state index is 4.03. The number of aromatic nitrogens is 2. The molecule has 0 bridgehead atoms. The molecule has 1 saturated heterocycles. The first kappa shape index (κ1) is 12.6. The van der Waals surface area contributed by atoms with E-state index in [0.29, 0.717) is 6.04 Å². The van der Waals surface area contributed by atoms with E-state index in [1.807, 2.05) is 6.20 Å². The molecule has 1 unspecified atom stereocenters. The van der Waals surface area contributed by atoms with Crippen molar-refractivity contribution in [3.05, 3.63) is 17.5 Å². The van der Waals surface area contributed by atoms with Crippen molar-refractivity contribution in [1.29, 1.82) is 0 Å². The number of nitrogens with one attached hydrogen (secondary N) is 2. The van der Waals surface area contributed by atoms with Gasteiger partial charge in [-0.25, -0.2) is 0 Å². The number of hydrogen-bond donors (Lipinski definition) is 2. The van der Waals surface area contributed by atoms with Gasteiger partial charge in [-0.2, -0.15) is 5.10 Å². The summed E-state index contributed by atoms with van der Waals surface area (Å²) in [6.45, 7) is 11.2. The fourth-order valence-electron chi connectivity index (χ4n) is 2.46. The van der Waals surface area contributed by atoms with E-state index >= 15 is 0 Å².